The Morgan fingerprint density at radius 3 is 3.12 bits per heavy atom. The highest BCUT2D eigenvalue weighted by atomic mass is 16.3. The van der Waals surface area contributed by atoms with Gasteiger partial charge in [0.25, 0.3) is 0 Å². The first-order valence-corrected chi connectivity index (χ1v) is 6.09. The van der Waals surface area contributed by atoms with Crippen LogP contribution < -0.4 is 0 Å². The minimum absolute atomic E-state index is 0.168. The average Bonchev–Trinajstić information content (AvgIpc) is 2.64. The molecule has 3 nitrogen and oxygen atoms in total. The fourth-order valence-electron chi connectivity index (χ4n) is 2.28. The molecule has 1 atom stereocenters. The average molecular weight is 220 g/mol. The van der Waals surface area contributed by atoms with Crippen LogP contribution in [0.1, 0.15) is 25.7 Å². The number of nitrogens with one attached hydrogen (secondary N) is 1. The summed E-state index contributed by atoms with van der Waals surface area (Å²) in [6, 6.07) is 0. The van der Waals surface area contributed by atoms with Crippen LogP contribution in [0.2, 0.25) is 0 Å². The normalized spacial score (nSPS) is 30.9. The molecule has 1 aliphatic heterocycles. The summed E-state index contributed by atoms with van der Waals surface area (Å²) in [6.45, 7) is 2.53. The molecule has 0 aromatic carbocycles. The zero-order valence-corrected chi connectivity index (χ0v) is 9.65. The van der Waals surface area contributed by atoms with Crippen molar-refractivity contribution in [3.8, 4) is 0 Å². The number of rotatable bonds is 2. The maximum atomic E-state index is 9.47. The van der Waals surface area contributed by atoms with E-state index in [1.165, 1.54) is 0 Å². The summed E-state index contributed by atoms with van der Waals surface area (Å²) in [6.07, 6.45) is 10.0. The molecule has 0 radical (unpaired) electrons. The molecule has 3 heteroatoms. The first kappa shape index (κ1) is 11.6. The highest BCUT2D eigenvalue weighted by molar-refractivity contribution is 5.98. The number of likely N-dealkylation sites (tertiary alicyclic amines) is 1. The van der Waals surface area contributed by atoms with Crippen molar-refractivity contribution in [3.05, 3.63) is 23.8 Å². The molecule has 0 amide bonds. The predicted octanol–water partition coefficient (Wildman–Crippen LogP) is 1.74. The van der Waals surface area contributed by atoms with Crippen LogP contribution in [-0.4, -0.2) is 41.5 Å². The number of β-amino-alcohol motifs (C(OH)–C–C–N with tert-alkyl or cyclic N) is 1. The maximum Gasteiger partial charge on any atom is 0.0679 e. The van der Waals surface area contributed by atoms with Gasteiger partial charge in [0.2, 0.25) is 0 Å². The van der Waals surface area contributed by atoms with E-state index in [1.807, 2.05) is 0 Å². The second kappa shape index (κ2) is 5.41. The van der Waals surface area contributed by atoms with E-state index >= 15 is 0 Å². The summed E-state index contributed by atoms with van der Waals surface area (Å²) < 4.78 is 0. The highest BCUT2D eigenvalue weighted by Gasteiger charge is 2.21. The van der Waals surface area contributed by atoms with Gasteiger partial charge in [0.05, 0.1) is 6.10 Å². The second-order valence-corrected chi connectivity index (χ2v) is 4.67. The minimum Gasteiger partial charge on any atom is -0.392 e. The Bertz CT molecular complexity index is 320. The van der Waals surface area contributed by atoms with E-state index in [1.54, 1.807) is 0 Å². The molecule has 1 aliphatic carbocycles. The fourth-order valence-corrected chi connectivity index (χ4v) is 2.28. The van der Waals surface area contributed by atoms with Crippen LogP contribution in [0.15, 0.2) is 23.8 Å². The molecule has 1 unspecified atom stereocenters. The highest BCUT2D eigenvalue weighted by Crippen LogP contribution is 2.15. The SMILES string of the molecule is N=C1CCCC=C/C=C\1CN1CCC(O)C1. The van der Waals surface area contributed by atoms with Crippen LogP contribution in [0, 0.1) is 5.41 Å². The van der Waals surface area contributed by atoms with Crippen LogP contribution >= 0.6 is 0 Å². The summed E-state index contributed by atoms with van der Waals surface area (Å²) in [5, 5.41) is 17.5. The molecule has 0 bridgehead atoms. The van der Waals surface area contributed by atoms with Crippen molar-refractivity contribution in [3.63, 3.8) is 0 Å². The van der Waals surface area contributed by atoms with Crippen LogP contribution in [0.4, 0.5) is 0 Å². The molecular formula is C13H20N2O. The van der Waals surface area contributed by atoms with Crippen molar-refractivity contribution in [2.75, 3.05) is 19.6 Å². The zero-order chi connectivity index (χ0) is 11.4. The Balaban J connectivity index is 1.97. The molecule has 1 heterocycles. The third-order valence-electron chi connectivity index (χ3n) is 3.26. The van der Waals surface area contributed by atoms with E-state index < -0.39 is 0 Å². The van der Waals surface area contributed by atoms with Gasteiger partial charge in [0, 0.05) is 25.3 Å². The number of aliphatic hydroxyl groups is 1. The Hall–Kier alpha value is -0.930. The molecule has 1 saturated heterocycles. The Labute approximate surface area is 97.0 Å². The van der Waals surface area contributed by atoms with Gasteiger partial charge in [0.15, 0.2) is 0 Å². The number of aliphatic hydroxyl groups excluding tert-OH is 1. The Morgan fingerprint density at radius 1 is 1.50 bits per heavy atom. The van der Waals surface area contributed by atoms with Gasteiger partial charge in [-0.15, -0.1) is 0 Å². The monoisotopic (exact) mass is 220 g/mol. The first-order chi connectivity index (χ1) is 7.75. The van der Waals surface area contributed by atoms with Gasteiger partial charge < -0.3 is 10.5 Å². The standard InChI is InChI=1S/C13H20N2O/c14-13-6-4-2-1-3-5-11(13)9-15-8-7-12(16)10-15/h1,3,5,12,14,16H,2,4,6-10H2/b3-1?,11-5-,14-13?. The molecule has 2 aliphatic rings. The van der Waals surface area contributed by atoms with Gasteiger partial charge in [-0.05, 0) is 31.3 Å². The van der Waals surface area contributed by atoms with Gasteiger partial charge in [-0.3, -0.25) is 4.90 Å². The molecule has 0 aromatic rings. The number of hydrogen-bond acceptors (Lipinski definition) is 3. The van der Waals surface area contributed by atoms with Crippen LogP contribution in [-0.2, 0) is 0 Å². The summed E-state index contributed by atoms with van der Waals surface area (Å²) >= 11 is 0. The fraction of sp³-hybridized carbons (Fsp3) is 0.615. The molecule has 88 valence electrons. The van der Waals surface area contributed by atoms with Crippen LogP contribution in [0.5, 0.6) is 0 Å². The number of allylic oxidation sites excluding steroid dienone is 3. The van der Waals surface area contributed by atoms with Crippen molar-refractivity contribution in [1.82, 2.24) is 4.90 Å². The molecule has 16 heavy (non-hydrogen) atoms. The van der Waals surface area contributed by atoms with E-state index in [9.17, 15) is 5.11 Å². The molecule has 0 spiro atoms. The minimum atomic E-state index is -0.168. The predicted molar refractivity (Wildman–Crippen MR) is 65.9 cm³/mol. The van der Waals surface area contributed by atoms with Crippen molar-refractivity contribution >= 4 is 5.71 Å². The maximum absolute atomic E-state index is 9.47. The van der Waals surface area contributed by atoms with Gasteiger partial charge in [0.1, 0.15) is 0 Å². The van der Waals surface area contributed by atoms with E-state index in [-0.39, 0.29) is 6.10 Å². The third-order valence-corrected chi connectivity index (χ3v) is 3.26. The number of nitrogens with zero attached hydrogens (tertiary/aromatic N) is 1. The van der Waals surface area contributed by atoms with Crippen molar-refractivity contribution in [2.24, 2.45) is 0 Å². The summed E-state index contributed by atoms with van der Waals surface area (Å²) in [7, 11) is 0. The second-order valence-electron chi connectivity index (χ2n) is 4.67. The lowest BCUT2D eigenvalue weighted by molar-refractivity contribution is 0.179. The molecule has 2 rings (SSSR count). The first-order valence-electron chi connectivity index (χ1n) is 6.09. The summed E-state index contributed by atoms with van der Waals surface area (Å²) in [4.78, 5) is 2.24. The lowest BCUT2D eigenvalue weighted by Gasteiger charge is -2.18. The molecule has 0 saturated carbocycles. The Morgan fingerprint density at radius 2 is 2.38 bits per heavy atom. The van der Waals surface area contributed by atoms with Gasteiger partial charge in [-0.1, -0.05) is 18.2 Å². The van der Waals surface area contributed by atoms with Crippen molar-refractivity contribution < 1.29 is 5.11 Å². The van der Waals surface area contributed by atoms with Crippen LogP contribution in [0.3, 0.4) is 0 Å². The largest absolute Gasteiger partial charge is 0.392 e. The topological polar surface area (TPSA) is 47.3 Å². The van der Waals surface area contributed by atoms with Crippen molar-refractivity contribution in [2.45, 2.75) is 31.8 Å². The van der Waals surface area contributed by atoms with E-state index in [4.69, 9.17) is 5.41 Å². The summed E-state index contributed by atoms with van der Waals surface area (Å²) in [5.74, 6) is 0. The smallest absolute Gasteiger partial charge is 0.0679 e. The molecule has 1 fully saturated rings. The van der Waals surface area contributed by atoms with Gasteiger partial charge >= 0.3 is 0 Å². The number of hydrogen-bond donors (Lipinski definition) is 2. The van der Waals surface area contributed by atoms with E-state index in [2.05, 4.69) is 23.1 Å². The third kappa shape index (κ3) is 3.03. The van der Waals surface area contributed by atoms with Crippen LogP contribution in [0.25, 0.3) is 0 Å². The zero-order valence-electron chi connectivity index (χ0n) is 9.65. The molecule has 0 aromatic heterocycles. The van der Waals surface area contributed by atoms with E-state index in [0.717, 1.165) is 56.6 Å². The molecule has 2 N–H and O–H groups in total. The van der Waals surface area contributed by atoms with Crippen molar-refractivity contribution in [1.29, 1.82) is 5.41 Å². The van der Waals surface area contributed by atoms with Gasteiger partial charge in [-0.25, -0.2) is 0 Å². The lowest BCUT2D eigenvalue weighted by atomic mass is 10.0. The molecular weight excluding hydrogens is 200 g/mol. The Kier molecular flexibility index (Phi) is 3.91. The quantitative estimate of drug-likeness (QED) is 0.744. The lowest BCUT2D eigenvalue weighted by Crippen LogP contribution is -2.26. The van der Waals surface area contributed by atoms with Gasteiger partial charge in [-0.2, -0.15) is 0 Å². The van der Waals surface area contributed by atoms with E-state index in [0.29, 0.717) is 0 Å². The summed E-state index contributed by atoms with van der Waals surface area (Å²) in [5.41, 5.74) is 1.88.